The van der Waals surface area contributed by atoms with Gasteiger partial charge in [0, 0.05) is 20.2 Å². The van der Waals surface area contributed by atoms with Crippen LogP contribution in [0.1, 0.15) is 12.1 Å². The van der Waals surface area contributed by atoms with E-state index in [1.165, 1.54) is 0 Å². The molecule has 2 N–H and O–H groups in total. The molecule has 5 nitrogen and oxygen atoms in total. The van der Waals surface area contributed by atoms with E-state index in [9.17, 15) is 13.2 Å². The summed E-state index contributed by atoms with van der Waals surface area (Å²) in [7, 11) is 1.55. The monoisotopic (exact) mass is 296 g/mol. The summed E-state index contributed by atoms with van der Waals surface area (Å²) in [4.78, 5) is 8.58. The predicted octanol–water partition coefficient (Wildman–Crippen LogP) is 1.96. The molecule has 9 heteroatoms. The van der Waals surface area contributed by atoms with Crippen molar-refractivity contribution < 1.29 is 17.9 Å². The molecular weight excluding hydrogens is 285 g/mol. The number of methoxy groups -OCH3 is 1. The van der Waals surface area contributed by atoms with E-state index < -0.39 is 22.8 Å². The maximum absolute atomic E-state index is 12.8. The first-order chi connectivity index (χ1) is 8.82. The summed E-state index contributed by atoms with van der Waals surface area (Å²) in [6, 6.07) is 0. The number of nitrogens with two attached hydrogens (primary N) is 1. The highest BCUT2D eigenvalue weighted by Crippen LogP contribution is 2.37. The predicted molar refractivity (Wildman–Crippen MR) is 64.1 cm³/mol. The van der Waals surface area contributed by atoms with Gasteiger partial charge in [0.15, 0.2) is 11.5 Å². The van der Waals surface area contributed by atoms with Crippen LogP contribution in [-0.4, -0.2) is 36.3 Å². The lowest BCUT2D eigenvalue weighted by molar-refractivity contribution is -0.140. The van der Waals surface area contributed by atoms with E-state index in [-0.39, 0.29) is 11.9 Å². The van der Waals surface area contributed by atoms with Crippen molar-refractivity contribution in [1.82, 2.24) is 9.97 Å². The van der Waals surface area contributed by atoms with Crippen molar-refractivity contribution in [1.29, 1.82) is 0 Å². The second kappa shape index (κ2) is 5.01. The van der Waals surface area contributed by atoms with E-state index >= 15 is 0 Å². The first-order valence-corrected chi connectivity index (χ1v) is 5.88. The van der Waals surface area contributed by atoms with E-state index in [1.807, 2.05) is 0 Å². The van der Waals surface area contributed by atoms with E-state index in [0.717, 1.165) is 0 Å². The van der Waals surface area contributed by atoms with Gasteiger partial charge in [-0.2, -0.15) is 18.2 Å². The molecule has 1 aromatic heterocycles. The van der Waals surface area contributed by atoms with Crippen LogP contribution < -0.4 is 10.6 Å². The number of alkyl halides is 3. The SMILES string of the molecule is CO[C@H]1CCN(c2nc(Cl)nc(C(F)(F)F)c2N)C1. The van der Waals surface area contributed by atoms with Crippen LogP contribution in [-0.2, 0) is 10.9 Å². The maximum Gasteiger partial charge on any atom is 0.435 e. The van der Waals surface area contributed by atoms with Crippen LogP contribution >= 0.6 is 11.6 Å². The average molecular weight is 297 g/mol. The molecule has 1 saturated heterocycles. The molecule has 0 amide bonds. The van der Waals surface area contributed by atoms with Gasteiger partial charge in [0.2, 0.25) is 5.28 Å². The minimum Gasteiger partial charge on any atom is -0.394 e. The summed E-state index contributed by atoms with van der Waals surface area (Å²) >= 11 is 5.54. The zero-order chi connectivity index (χ0) is 14.2. The molecule has 1 aliphatic heterocycles. The Labute approximate surface area is 112 Å². The van der Waals surface area contributed by atoms with Crippen molar-refractivity contribution in [3.05, 3.63) is 11.0 Å². The molecule has 0 aromatic carbocycles. The smallest absolute Gasteiger partial charge is 0.394 e. The molecule has 1 aliphatic rings. The normalized spacial score (nSPS) is 20.1. The fourth-order valence-electron chi connectivity index (χ4n) is 2.00. The minimum absolute atomic E-state index is 0.00637. The molecule has 2 heterocycles. The van der Waals surface area contributed by atoms with Crippen molar-refractivity contribution >= 4 is 23.1 Å². The summed E-state index contributed by atoms with van der Waals surface area (Å²) in [6.45, 7) is 0.929. The molecular formula is C10H12ClF3N4O. The van der Waals surface area contributed by atoms with Crippen molar-refractivity contribution in [3.8, 4) is 0 Å². The molecule has 0 unspecified atom stereocenters. The molecule has 0 aliphatic carbocycles. The van der Waals surface area contributed by atoms with Crippen LogP contribution in [0.4, 0.5) is 24.7 Å². The Morgan fingerprint density at radius 2 is 2.11 bits per heavy atom. The first kappa shape index (κ1) is 14.1. The molecule has 0 radical (unpaired) electrons. The quantitative estimate of drug-likeness (QED) is 0.845. The Morgan fingerprint density at radius 1 is 1.42 bits per heavy atom. The van der Waals surface area contributed by atoms with Crippen LogP contribution in [0.25, 0.3) is 0 Å². The third kappa shape index (κ3) is 2.84. The topological polar surface area (TPSA) is 64.3 Å². The van der Waals surface area contributed by atoms with Gasteiger partial charge in [-0.15, -0.1) is 0 Å². The molecule has 0 spiro atoms. The molecule has 1 atom stereocenters. The zero-order valence-electron chi connectivity index (χ0n) is 10.0. The molecule has 19 heavy (non-hydrogen) atoms. The first-order valence-electron chi connectivity index (χ1n) is 5.51. The Balaban J connectivity index is 2.39. The minimum atomic E-state index is -4.66. The molecule has 0 bridgehead atoms. The van der Waals surface area contributed by atoms with Gasteiger partial charge in [-0.25, -0.2) is 4.98 Å². The maximum atomic E-state index is 12.8. The lowest BCUT2D eigenvalue weighted by Gasteiger charge is -2.21. The highest BCUT2D eigenvalue weighted by molar-refractivity contribution is 6.28. The van der Waals surface area contributed by atoms with Gasteiger partial charge in [0.25, 0.3) is 0 Å². The van der Waals surface area contributed by atoms with Crippen LogP contribution in [0.2, 0.25) is 5.28 Å². The van der Waals surface area contributed by atoms with Gasteiger partial charge in [-0.3, -0.25) is 0 Å². The molecule has 1 aromatic rings. The van der Waals surface area contributed by atoms with Gasteiger partial charge < -0.3 is 15.4 Å². The zero-order valence-corrected chi connectivity index (χ0v) is 10.8. The van der Waals surface area contributed by atoms with Gasteiger partial charge in [-0.05, 0) is 18.0 Å². The van der Waals surface area contributed by atoms with Crippen molar-refractivity contribution in [2.24, 2.45) is 0 Å². The second-order valence-corrected chi connectivity index (χ2v) is 4.51. The van der Waals surface area contributed by atoms with Crippen LogP contribution in [0.5, 0.6) is 0 Å². The number of ether oxygens (including phenoxy) is 1. The Morgan fingerprint density at radius 3 is 2.63 bits per heavy atom. The largest absolute Gasteiger partial charge is 0.435 e. The summed E-state index contributed by atoms with van der Waals surface area (Å²) in [5.74, 6) is 0.00637. The number of hydrogen-bond donors (Lipinski definition) is 1. The number of anilines is 2. The third-order valence-electron chi connectivity index (χ3n) is 2.94. The number of halogens is 4. The van der Waals surface area contributed by atoms with Crippen LogP contribution in [0, 0.1) is 0 Å². The summed E-state index contributed by atoms with van der Waals surface area (Å²) < 4.78 is 43.4. The Kier molecular flexibility index (Phi) is 3.73. The molecule has 1 fully saturated rings. The Bertz CT molecular complexity index is 483. The van der Waals surface area contributed by atoms with Crippen molar-refractivity contribution in [2.45, 2.75) is 18.7 Å². The number of aromatic nitrogens is 2. The van der Waals surface area contributed by atoms with Gasteiger partial charge in [0.05, 0.1) is 6.10 Å². The number of hydrogen-bond acceptors (Lipinski definition) is 5. The lowest BCUT2D eigenvalue weighted by atomic mass is 10.3. The lowest BCUT2D eigenvalue weighted by Crippen LogP contribution is -2.26. The van der Waals surface area contributed by atoms with Gasteiger partial charge in [0.1, 0.15) is 5.69 Å². The number of nitrogen functional groups attached to an aromatic ring is 1. The van der Waals surface area contributed by atoms with E-state index in [1.54, 1.807) is 12.0 Å². The molecule has 0 saturated carbocycles. The van der Waals surface area contributed by atoms with E-state index in [0.29, 0.717) is 19.5 Å². The standard InChI is InChI=1S/C10H12ClF3N4O/c1-19-5-2-3-18(4-5)8-6(15)7(10(12,13)14)16-9(11)17-8/h5H,2-4,15H2,1H3/t5-/m0/s1. The van der Waals surface area contributed by atoms with E-state index in [4.69, 9.17) is 22.1 Å². The number of nitrogens with zero attached hydrogens (tertiary/aromatic N) is 3. The summed E-state index contributed by atoms with van der Waals surface area (Å²) in [5.41, 5.74) is 3.81. The van der Waals surface area contributed by atoms with Crippen LogP contribution in [0.3, 0.4) is 0 Å². The van der Waals surface area contributed by atoms with Crippen molar-refractivity contribution in [2.75, 3.05) is 30.8 Å². The summed E-state index contributed by atoms with van der Waals surface area (Å²) in [5, 5.41) is -0.475. The Hall–Kier alpha value is -1.28. The van der Waals surface area contributed by atoms with Gasteiger partial charge >= 0.3 is 6.18 Å². The fraction of sp³-hybridized carbons (Fsp3) is 0.600. The fourth-order valence-corrected chi connectivity index (χ4v) is 2.17. The third-order valence-corrected chi connectivity index (χ3v) is 3.11. The average Bonchev–Trinajstić information content (AvgIpc) is 2.78. The number of rotatable bonds is 2. The van der Waals surface area contributed by atoms with Gasteiger partial charge in [-0.1, -0.05) is 0 Å². The molecule has 106 valence electrons. The summed E-state index contributed by atoms with van der Waals surface area (Å²) in [6.07, 6.45) is -4.02. The van der Waals surface area contributed by atoms with Crippen molar-refractivity contribution in [3.63, 3.8) is 0 Å². The van der Waals surface area contributed by atoms with E-state index in [2.05, 4.69) is 9.97 Å². The van der Waals surface area contributed by atoms with Crippen LogP contribution in [0.15, 0.2) is 0 Å². The highest BCUT2D eigenvalue weighted by atomic mass is 35.5. The molecule has 2 rings (SSSR count). The second-order valence-electron chi connectivity index (χ2n) is 4.17. The highest BCUT2D eigenvalue weighted by Gasteiger charge is 2.38.